The van der Waals surface area contributed by atoms with E-state index >= 15 is 0 Å². The molecular formula is C35H34FI2N5O3. The van der Waals surface area contributed by atoms with Crippen LogP contribution in [0.2, 0.25) is 0 Å². The van der Waals surface area contributed by atoms with Crippen molar-refractivity contribution in [3.8, 4) is 0 Å². The monoisotopic (exact) mass is 845 g/mol. The van der Waals surface area contributed by atoms with Gasteiger partial charge in [0.05, 0.1) is 13.1 Å². The van der Waals surface area contributed by atoms with Gasteiger partial charge < -0.3 is 15.1 Å². The highest BCUT2D eigenvalue weighted by Gasteiger charge is 2.52. The summed E-state index contributed by atoms with van der Waals surface area (Å²) in [7, 11) is 0. The number of urea groups is 1. The van der Waals surface area contributed by atoms with Gasteiger partial charge in [0.1, 0.15) is 18.0 Å². The molecule has 2 heterocycles. The minimum absolute atomic E-state index is 0.0190. The third-order valence-corrected chi connectivity index (χ3v) is 11.4. The first-order chi connectivity index (χ1) is 22.2. The van der Waals surface area contributed by atoms with Crippen LogP contribution in [0.5, 0.6) is 0 Å². The van der Waals surface area contributed by atoms with Crippen molar-refractivity contribution in [1.82, 2.24) is 25.1 Å². The number of benzene rings is 4. The van der Waals surface area contributed by atoms with E-state index in [0.717, 1.165) is 34.6 Å². The Morgan fingerprint density at radius 3 is 2.46 bits per heavy atom. The number of fused-ring (bicyclic) bond motifs is 2. The average molecular weight is 845 g/mol. The molecular weight excluding hydrogens is 811 g/mol. The van der Waals surface area contributed by atoms with Crippen molar-refractivity contribution in [1.29, 1.82) is 0 Å². The van der Waals surface area contributed by atoms with Crippen LogP contribution in [0, 0.1) is 13.0 Å². The van der Waals surface area contributed by atoms with E-state index in [4.69, 9.17) is 0 Å². The summed E-state index contributed by atoms with van der Waals surface area (Å²) in [4.78, 5) is 45.1. The molecule has 0 spiro atoms. The van der Waals surface area contributed by atoms with E-state index in [1.54, 1.807) is 26.9 Å². The fourth-order valence-corrected chi connectivity index (χ4v) is 7.26. The van der Waals surface area contributed by atoms with Gasteiger partial charge in [0, 0.05) is 33.2 Å². The summed E-state index contributed by atoms with van der Waals surface area (Å²) in [5.41, 5.74) is 2.75. The van der Waals surface area contributed by atoms with Crippen LogP contribution in [0.4, 0.5) is 9.18 Å². The fraction of sp³-hybridized carbons (Fsp3) is 0.286. The van der Waals surface area contributed by atoms with Crippen LogP contribution >= 0.6 is 45.2 Å². The van der Waals surface area contributed by atoms with Crippen molar-refractivity contribution in [2.75, 3.05) is 19.6 Å². The number of amides is 4. The molecule has 238 valence electrons. The first kappa shape index (κ1) is 32.6. The maximum Gasteiger partial charge on any atom is 0.332 e. The van der Waals surface area contributed by atoms with Crippen LogP contribution in [0.3, 0.4) is 0 Å². The molecule has 4 aromatic rings. The second-order valence-corrected chi connectivity index (χ2v) is 13.9. The number of nitrogens with zero attached hydrogens (tertiary/aromatic N) is 4. The van der Waals surface area contributed by atoms with Crippen LogP contribution in [0.15, 0.2) is 84.9 Å². The Hall–Kier alpha value is -3.30. The third kappa shape index (κ3) is 6.86. The quantitative estimate of drug-likeness (QED) is 0.206. The van der Waals surface area contributed by atoms with Gasteiger partial charge in [-0.15, -0.1) is 0 Å². The minimum Gasteiger partial charge on any atom is -0.333 e. The predicted molar refractivity (Wildman–Crippen MR) is 192 cm³/mol. The Kier molecular flexibility index (Phi) is 10.1. The van der Waals surface area contributed by atoms with Gasteiger partial charge in [-0.25, -0.2) is 9.18 Å². The van der Waals surface area contributed by atoms with E-state index in [1.807, 2.05) is 66.5 Å². The Morgan fingerprint density at radius 2 is 1.70 bits per heavy atom. The van der Waals surface area contributed by atoms with Gasteiger partial charge >= 0.3 is 6.03 Å². The SMILES string of the molecule is CCCN(C(=O)NCc1ccc(I)c(I)c1)N1CC(=O)N2[C@@H](Cc3ccc(F)cc3)C(=O)N(Cc3cccc4ccccc34)C[C@@H]21. The summed E-state index contributed by atoms with van der Waals surface area (Å²) in [6, 6.07) is 25.2. The van der Waals surface area contributed by atoms with Gasteiger partial charge in [-0.1, -0.05) is 67.6 Å². The molecule has 0 radical (unpaired) electrons. The maximum absolute atomic E-state index is 14.2. The standard InChI is InChI=1S/C35H34FI2N5O3/c1-2-16-41(35(46)39-19-24-12-15-29(37)30(38)17-24)42-22-33(44)43-31(18-23-10-13-27(36)14-11-23)34(45)40(21-32(42)43)20-26-8-5-7-25-6-3-4-9-28(25)26/h3-15,17,31-32H,2,16,18-22H2,1H3,(H,39,46)/t31-,32+/m0/s1. The zero-order valence-electron chi connectivity index (χ0n) is 25.3. The lowest BCUT2D eigenvalue weighted by molar-refractivity contribution is -0.157. The van der Waals surface area contributed by atoms with E-state index < -0.39 is 12.2 Å². The Balaban J connectivity index is 1.30. The van der Waals surface area contributed by atoms with Gasteiger partial charge in [0.15, 0.2) is 0 Å². The first-order valence-corrected chi connectivity index (χ1v) is 17.5. The first-order valence-electron chi connectivity index (χ1n) is 15.3. The molecule has 2 aliphatic heterocycles. The summed E-state index contributed by atoms with van der Waals surface area (Å²) in [5, 5.41) is 8.64. The maximum atomic E-state index is 14.2. The molecule has 1 N–H and O–H groups in total. The van der Waals surface area contributed by atoms with E-state index in [9.17, 15) is 18.8 Å². The number of hydrogen-bond acceptors (Lipinski definition) is 4. The normalized spacial score (nSPS) is 18.3. The molecule has 6 rings (SSSR count). The molecule has 0 bridgehead atoms. The zero-order valence-corrected chi connectivity index (χ0v) is 29.6. The number of nitrogens with one attached hydrogen (secondary N) is 1. The minimum atomic E-state index is -0.794. The van der Waals surface area contributed by atoms with Gasteiger partial charge in [0.25, 0.3) is 0 Å². The van der Waals surface area contributed by atoms with Gasteiger partial charge in [-0.2, -0.15) is 5.01 Å². The van der Waals surface area contributed by atoms with Gasteiger partial charge in [0.2, 0.25) is 11.8 Å². The molecule has 4 aromatic carbocycles. The highest BCUT2D eigenvalue weighted by Crippen LogP contribution is 2.31. The second kappa shape index (κ2) is 14.2. The molecule has 11 heteroatoms. The smallest absolute Gasteiger partial charge is 0.332 e. The predicted octanol–water partition coefficient (Wildman–Crippen LogP) is 6.15. The summed E-state index contributed by atoms with van der Waals surface area (Å²) in [6.45, 7) is 3.34. The zero-order chi connectivity index (χ0) is 32.4. The lowest BCUT2D eigenvalue weighted by Crippen LogP contribution is -2.66. The Bertz CT molecular complexity index is 1770. The second-order valence-electron chi connectivity index (χ2n) is 11.6. The van der Waals surface area contributed by atoms with Crippen molar-refractivity contribution in [3.05, 3.63) is 115 Å². The van der Waals surface area contributed by atoms with Crippen molar-refractivity contribution < 1.29 is 18.8 Å². The van der Waals surface area contributed by atoms with Crippen molar-refractivity contribution in [3.63, 3.8) is 0 Å². The van der Waals surface area contributed by atoms with E-state index in [2.05, 4.69) is 56.6 Å². The summed E-state index contributed by atoms with van der Waals surface area (Å²) >= 11 is 4.56. The number of piperazine rings is 1. The van der Waals surface area contributed by atoms with Crippen LogP contribution in [0.25, 0.3) is 10.8 Å². The Labute approximate surface area is 295 Å². The molecule has 2 saturated heterocycles. The lowest BCUT2D eigenvalue weighted by Gasteiger charge is -2.46. The lowest BCUT2D eigenvalue weighted by atomic mass is 9.99. The van der Waals surface area contributed by atoms with Crippen molar-refractivity contribution in [2.24, 2.45) is 0 Å². The highest BCUT2D eigenvalue weighted by molar-refractivity contribution is 14.1. The molecule has 4 amide bonds. The molecule has 46 heavy (non-hydrogen) atoms. The van der Waals surface area contributed by atoms with Crippen LogP contribution in [0.1, 0.15) is 30.0 Å². The largest absolute Gasteiger partial charge is 0.333 e. The average Bonchev–Trinajstić information content (AvgIpc) is 3.38. The number of rotatable bonds is 9. The number of hydrazine groups is 1. The summed E-state index contributed by atoms with van der Waals surface area (Å²) in [5.74, 6) is -0.737. The molecule has 2 aliphatic rings. The van der Waals surface area contributed by atoms with Gasteiger partial charge in [-0.3, -0.25) is 14.6 Å². The van der Waals surface area contributed by atoms with E-state index in [0.29, 0.717) is 26.1 Å². The molecule has 8 nitrogen and oxygen atoms in total. The fourth-order valence-electron chi connectivity index (χ4n) is 6.35. The van der Waals surface area contributed by atoms with Crippen LogP contribution < -0.4 is 5.32 Å². The van der Waals surface area contributed by atoms with E-state index in [-0.39, 0.29) is 43.2 Å². The number of carbonyl (C=O) groups is 3. The molecule has 0 aliphatic carbocycles. The van der Waals surface area contributed by atoms with Crippen molar-refractivity contribution >= 4 is 73.8 Å². The third-order valence-electron chi connectivity index (χ3n) is 8.56. The van der Waals surface area contributed by atoms with E-state index in [1.165, 1.54) is 12.1 Å². The van der Waals surface area contributed by atoms with Crippen molar-refractivity contribution in [2.45, 2.75) is 45.1 Å². The Morgan fingerprint density at radius 1 is 0.957 bits per heavy atom. The van der Waals surface area contributed by atoms with Crippen LogP contribution in [-0.4, -0.2) is 69.5 Å². The summed E-state index contributed by atoms with van der Waals surface area (Å²) in [6.07, 6.45) is 0.387. The number of hydrogen-bond donors (Lipinski definition) is 1. The summed E-state index contributed by atoms with van der Waals surface area (Å²) < 4.78 is 16.0. The van der Waals surface area contributed by atoms with Gasteiger partial charge in [-0.05, 0) is 103 Å². The number of halogens is 3. The molecule has 0 unspecified atom stereocenters. The topological polar surface area (TPSA) is 76.2 Å². The number of carbonyl (C=O) groups excluding carboxylic acids is 3. The molecule has 2 fully saturated rings. The molecule has 0 saturated carbocycles. The highest BCUT2D eigenvalue weighted by atomic mass is 127. The molecule has 2 atom stereocenters. The molecule has 0 aromatic heterocycles. The van der Waals surface area contributed by atoms with Crippen LogP contribution in [-0.2, 0) is 29.1 Å².